The van der Waals surface area contributed by atoms with Gasteiger partial charge in [-0.2, -0.15) is 10.1 Å². The van der Waals surface area contributed by atoms with Crippen molar-refractivity contribution in [2.45, 2.75) is 25.7 Å². The molecule has 2 aromatic heterocycles. The van der Waals surface area contributed by atoms with Gasteiger partial charge in [-0.05, 0) is 19.8 Å². The van der Waals surface area contributed by atoms with Crippen LogP contribution in [-0.2, 0) is 0 Å². The van der Waals surface area contributed by atoms with E-state index in [1.54, 1.807) is 0 Å². The maximum Gasteiger partial charge on any atom is 0.222 e. The second kappa shape index (κ2) is 8.56. The molecule has 2 heterocycles. The van der Waals surface area contributed by atoms with E-state index in [9.17, 15) is 0 Å². The molecule has 146 valence electrons. The number of nitrogens with two attached hydrogens (primary N) is 1. The van der Waals surface area contributed by atoms with E-state index in [0.717, 1.165) is 17.1 Å². The molecule has 0 aliphatic heterocycles. The SMILES string of the molecule is Cc1ccccc1.Nc1nc(Nc2cc(C3CC3)[nH]n2)cc(-c2ccccc2)n1. The molecule has 0 spiro atoms. The molecular formula is C23H24N6. The van der Waals surface area contributed by atoms with E-state index >= 15 is 0 Å². The lowest BCUT2D eigenvalue weighted by Gasteiger charge is -2.06. The van der Waals surface area contributed by atoms with E-state index < -0.39 is 0 Å². The van der Waals surface area contributed by atoms with Crippen LogP contribution in [0.5, 0.6) is 0 Å². The molecule has 6 heteroatoms. The van der Waals surface area contributed by atoms with Crippen LogP contribution < -0.4 is 11.1 Å². The zero-order valence-electron chi connectivity index (χ0n) is 16.3. The molecule has 6 nitrogen and oxygen atoms in total. The second-order valence-electron chi connectivity index (χ2n) is 7.13. The summed E-state index contributed by atoms with van der Waals surface area (Å²) in [6.07, 6.45) is 2.47. The van der Waals surface area contributed by atoms with Gasteiger partial charge in [-0.25, -0.2) is 4.98 Å². The van der Waals surface area contributed by atoms with Crippen molar-refractivity contribution >= 4 is 17.6 Å². The first-order chi connectivity index (χ1) is 14.2. The number of benzene rings is 2. The summed E-state index contributed by atoms with van der Waals surface area (Å²) in [7, 11) is 0. The number of anilines is 3. The summed E-state index contributed by atoms with van der Waals surface area (Å²) in [5.41, 5.74) is 10.1. The molecule has 4 aromatic rings. The largest absolute Gasteiger partial charge is 0.368 e. The topological polar surface area (TPSA) is 92.5 Å². The molecule has 29 heavy (non-hydrogen) atoms. The molecule has 1 aliphatic carbocycles. The Balaban J connectivity index is 0.000000249. The summed E-state index contributed by atoms with van der Waals surface area (Å²) in [6, 6.07) is 24.0. The monoisotopic (exact) mass is 384 g/mol. The van der Waals surface area contributed by atoms with E-state index in [-0.39, 0.29) is 5.95 Å². The van der Waals surface area contributed by atoms with Gasteiger partial charge in [0.1, 0.15) is 5.82 Å². The van der Waals surface area contributed by atoms with Gasteiger partial charge in [0.05, 0.1) is 5.69 Å². The smallest absolute Gasteiger partial charge is 0.222 e. The van der Waals surface area contributed by atoms with Crippen LogP contribution in [0.3, 0.4) is 0 Å². The number of rotatable bonds is 4. The molecule has 1 aliphatic rings. The zero-order valence-corrected chi connectivity index (χ0v) is 16.3. The van der Waals surface area contributed by atoms with E-state index in [2.05, 4.69) is 44.5 Å². The van der Waals surface area contributed by atoms with Crippen molar-refractivity contribution in [2.75, 3.05) is 11.1 Å². The molecule has 5 rings (SSSR count). The molecule has 1 saturated carbocycles. The number of hydrogen-bond acceptors (Lipinski definition) is 5. The lowest BCUT2D eigenvalue weighted by molar-refractivity contribution is 0.966. The lowest BCUT2D eigenvalue weighted by atomic mass is 10.1. The van der Waals surface area contributed by atoms with Gasteiger partial charge in [0.15, 0.2) is 5.82 Å². The van der Waals surface area contributed by atoms with Crippen molar-refractivity contribution in [3.63, 3.8) is 0 Å². The van der Waals surface area contributed by atoms with Crippen molar-refractivity contribution < 1.29 is 0 Å². The molecule has 0 amide bonds. The molecule has 1 fully saturated rings. The van der Waals surface area contributed by atoms with Crippen molar-refractivity contribution in [2.24, 2.45) is 0 Å². The highest BCUT2D eigenvalue weighted by molar-refractivity contribution is 5.66. The Morgan fingerprint density at radius 2 is 1.59 bits per heavy atom. The van der Waals surface area contributed by atoms with E-state index in [1.165, 1.54) is 24.1 Å². The Kier molecular flexibility index (Phi) is 5.52. The standard InChI is InChI=1S/C16H16N6.C7H8/c17-16-18-12(10-4-2-1-3-5-10)8-14(20-16)19-15-9-13(21-22-15)11-6-7-11;1-7-5-3-2-4-6-7/h1-5,8-9,11H,6-7H2,(H4,17,18,19,20,21,22);2-6H,1H3. The van der Waals surface area contributed by atoms with Gasteiger partial charge >= 0.3 is 0 Å². The van der Waals surface area contributed by atoms with Crippen LogP contribution in [0.15, 0.2) is 72.8 Å². The first kappa shape index (κ1) is 18.7. The van der Waals surface area contributed by atoms with Crippen LogP contribution in [0.1, 0.15) is 30.0 Å². The minimum Gasteiger partial charge on any atom is -0.368 e. The van der Waals surface area contributed by atoms with E-state index in [0.29, 0.717) is 11.7 Å². The summed E-state index contributed by atoms with van der Waals surface area (Å²) >= 11 is 0. The predicted molar refractivity (Wildman–Crippen MR) is 117 cm³/mol. The van der Waals surface area contributed by atoms with Crippen molar-refractivity contribution in [3.05, 3.63) is 84.1 Å². The number of H-pyrrole nitrogens is 1. The number of nitrogens with one attached hydrogen (secondary N) is 2. The Morgan fingerprint density at radius 1 is 0.897 bits per heavy atom. The minimum absolute atomic E-state index is 0.238. The summed E-state index contributed by atoms with van der Waals surface area (Å²) in [6.45, 7) is 2.08. The fraction of sp³-hybridized carbons (Fsp3) is 0.174. The van der Waals surface area contributed by atoms with Crippen molar-refractivity contribution in [3.8, 4) is 11.3 Å². The Bertz CT molecular complexity index is 1060. The Hall–Kier alpha value is -3.67. The number of hydrogen-bond donors (Lipinski definition) is 3. The molecular weight excluding hydrogens is 360 g/mol. The number of nitrogen functional groups attached to an aromatic ring is 1. The maximum absolute atomic E-state index is 5.82. The molecule has 0 bridgehead atoms. The minimum atomic E-state index is 0.238. The van der Waals surface area contributed by atoms with Gasteiger partial charge in [-0.3, -0.25) is 5.10 Å². The number of aromatic amines is 1. The first-order valence-corrected chi connectivity index (χ1v) is 9.71. The number of aromatic nitrogens is 4. The highest BCUT2D eigenvalue weighted by Crippen LogP contribution is 2.39. The average molecular weight is 384 g/mol. The molecule has 0 saturated heterocycles. The van der Waals surface area contributed by atoms with Crippen LogP contribution in [-0.4, -0.2) is 20.2 Å². The van der Waals surface area contributed by atoms with Gasteiger partial charge in [0.2, 0.25) is 5.95 Å². The third-order valence-corrected chi connectivity index (χ3v) is 4.62. The number of nitrogens with zero attached hydrogens (tertiary/aromatic N) is 3. The highest BCUT2D eigenvalue weighted by Gasteiger charge is 2.25. The van der Waals surface area contributed by atoms with Crippen LogP contribution in [0.25, 0.3) is 11.3 Å². The van der Waals surface area contributed by atoms with Gasteiger partial charge in [0.25, 0.3) is 0 Å². The average Bonchev–Trinajstić information content (AvgIpc) is 3.49. The zero-order chi connectivity index (χ0) is 20.1. The summed E-state index contributed by atoms with van der Waals surface area (Å²) in [5, 5.41) is 10.5. The third kappa shape index (κ3) is 5.19. The van der Waals surface area contributed by atoms with Crippen LogP contribution >= 0.6 is 0 Å². The highest BCUT2D eigenvalue weighted by atomic mass is 15.2. The normalized spacial score (nSPS) is 12.7. The fourth-order valence-electron chi connectivity index (χ4n) is 2.96. The van der Waals surface area contributed by atoms with Gasteiger partial charge in [-0.15, -0.1) is 0 Å². The quantitative estimate of drug-likeness (QED) is 0.457. The summed E-state index contributed by atoms with van der Waals surface area (Å²) < 4.78 is 0. The lowest BCUT2D eigenvalue weighted by Crippen LogP contribution is -2.01. The second-order valence-corrected chi connectivity index (χ2v) is 7.13. The molecule has 2 aromatic carbocycles. The van der Waals surface area contributed by atoms with Gasteiger partial charge in [0, 0.05) is 29.3 Å². The van der Waals surface area contributed by atoms with Crippen LogP contribution in [0.2, 0.25) is 0 Å². The van der Waals surface area contributed by atoms with Gasteiger partial charge in [-0.1, -0.05) is 66.2 Å². The van der Waals surface area contributed by atoms with E-state index in [1.807, 2.05) is 60.7 Å². The Labute approximate surface area is 170 Å². The molecule has 0 atom stereocenters. The van der Waals surface area contributed by atoms with Crippen molar-refractivity contribution in [1.82, 2.24) is 20.2 Å². The van der Waals surface area contributed by atoms with Gasteiger partial charge < -0.3 is 11.1 Å². The summed E-state index contributed by atoms with van der Waals surface area (Å²) in [5.74, 6) is 2.26. The third-order valence-electron chi connectivity index (χ3n) is 4.62. The molecule has 4 N–H and O–H groups in total. The Morgan fingerprint density at radius 3 is 2.21 bits per heavy atom. The van der Waals surface area contributed by atoms with Crippen molar-refractivity contribution in [1.29, 1.82) is 0 Å². The maximum atomic E-state index is 5.82. The predicted octanol–water partition coefficient (Wildman–Crippen LogP) is 5.06. The van der Waals surface area contributed by atoms with Crippen LogP contribution in [0, 0.1) is 6.92 Å². The summed E-state index contributed by atoms with van der Waals surface area (Å²) in [4.78, 5) is 8.51. The first-order valence-electron chi connectivity index (χ1n) is 9.71. The molecule has 0 radical (unpaired) electrons. The van der Waals surface area contributed by atoms with Crippen LogP contribution in [0.4, 0.5) is 17.6 Å². The molecule has 0 unspecified atom stereocenters. The fourth-order valence-corrected chi connectivity index (χ4v) is 2.96. The number of aryl methyl sites for hydroxylation is 1. The van der Waals surface area contributed by atoms with E-state index in [4.69, 9.17) is 5.73 Å².